The molecule has 0 aliphatic heterocycles. The fourth-order valence-corrected chi connectivity index (χ4v) is 1.78. The summed E-state index contributed by atoms with van der Waals surface area (Å²) in [6.07, 6.45) is 2.44. The van der Waals surface area contributed by atoms with Gasteiger partial charge in [0.15, 0.2) is 0 Å². The van der Waals surface area contributed by atoms with Gasteiger partial charge in [0.25, 0.3) is 0 Å². The minimum Gasteiger partial charge on any atom is -0.342 e. The Kier molecular flexibility index (Phi) is 8.44. The summed E-state index contributed by atoms with van der Waals surface area (Å²) < 4.78 is 0. The molecule has 1 aromatic carbocycles. The number of carbonyl (C=O) groups is 1. The zero-order valence-electron chi connectivity index (χ0n) is 12.1. The summed E-state index contributed by atoms with van der Waals surface area (Å²) in [5.41, 5.74) is 8.11. The smallest absolute Gasteiger partial charge is 0.222 e. The van der Waals surface area contributed by atoms with Crippen molar-refractivity contribution in [1.29, 1.82) is 0 Å². The highest BCUT2D eigenvalue weighted by atomic mass is 35.5. The molecule has 0 saturated heterocycles. The van der Waals surface area contributed by atoms with Crippen LogP contribution in [-0.2, 0) is 11.2 Å². The van der Waals surface area contributed by atoms with Gasteiger partial charge in [0.05, 0.1) is 0 Å². The van der Waals surface area contributed by atoms with Crippen molar-refractivity contribution in [2.24, 2.45) is 5.73 Å². The van der Waals surface area contributed by atoms with E-state index in [1.807, 2.05) is 14.0 Å². The molecule has 0 heterocycles. The van der Waals surface area contributed by atoms with E-state index in [2.05, 4.69) is 31.2 Å². The predicted molar refractivity (Wildman–Crippen MR) is 82.7 cm³/mol. The molecule has 1 unspecified atom stereocenters. The molecule has 0 radical (unpaired) electrons. The van der Waals surface area contributed by atoms with Gasteiger partial charge in [0.2, 0.25) is 5.91 Å². The van der Waals surface area contributed by atoms with Crippen LogP contribution in [0.25, 0.3) is 0 Å². The maximum absolute atomic E-state index is 11.9. The van der Waals surface area contributed by atoms with E-state index in [0.717, 1.165) is 12.8 Å². The lowest BCUT2D eigenvalue weighted by molar-refractivity contribution is -0.131. The Morgan fingerprint density at radius 3 is 2.42 bits per heavy atom. The second-order valence-corrected chi connectivity index (χ2v) is 4.93. The van der Waals surface area contributed by atoms with Crippen LogP contribution in [0.2, 0.25) is 0 Å². The summed E-state index contributed by atoms with van der Waals surface area (Å²) in [6.45, 7) is 4.56. The number of nitrogens with two attached hydrogens (primary N) is 1. The van der Waals surface area contributed by atoms with Crippen molar-refractivity contribution >= 4 is 18.3 Å². The molecule has 108 valence electrons. The van der Waals surface area contributed by atoms with Gasteiger partial charge in [-0.25, -0.2) is 0 Å². The van der Waals surface area contributed by atoms with Crippen molar-refractivity contribution in [2.45, 2.75) is 39.2 Å². The molecule has 1 aromatic rings. The number of likely N-dealkylation sites (N-methyl/N-ethyl adjacent to an activating group) is 1. The molecule has 0 aliphatic carbocycles. The highest BCUT2D eigenvalue weighted by molar-refractivity contribution is 5.85. The molecule has 1 amide bonds. The van der Waals surface area contributed by atoms with Crippen LogP contribution in [0.4, 0.5) is 0 Å². The van der Waals surface area contributed by atoms with Gasteiger partial charge >= 0.3 is 0 Å². The van der Waals surface area contributed by atoms with Gasteiger partial charge in [0, 0.05) is 26.1 Å². The van der Waals surface area contributed by atoms with E-state index < -0.39 is 0 Å². The summed E-state index contributed by atoms with van der Waals surface area (Å²) in [5.74, 6) is 0.181. The Bertz CT molecular complexity index is 378. The van der Waals surface area contributed by atoms with Gasteiger partial charge in [-0.05, 0) is 32.3 Å². The molecule has 0 saturated carbocycles. The van der Waals surface area contributed by atoms with Crippen molar-refractivity contribution in [3.05, 3.63) is 35.4 Å². The molecule has 19 heavy (non-hydrogen) atoms. The molecule has 0 bridgehead atoms. The number of hydrogen-bond donors (Lipinski definition) is 1. The minimum atomic E-state index is 0. The Morgan fingerprint density at radius 2 is 1.89 bits per heavy atom. The maximum atomic E-state index is 11.9. The number of halogens is 1. The van der Waals surface area contributed by atoms with Crippen LogP contribution in [0.3, 0.4) is 0 Å². The quantitative estimate of drug-likeness (QED) is 0.873. The third-order valence-corrected chi connectivity index (χ3v) is 3.37. The van der Waals surface area contributed by atoms with Crippen molar-refractivity contribution in [3.8, 4) is 0 Å². The first-order valence-electron chi connectivity index (χ1n) is 6.56. The van der Waals surface area contributed by atoms with Gasteiger partial charge in [-0.3, -0.25) is 4.79 Å². The van der Waals surface area contributed by atoms with Gasteiger partial charge in [-0.2, -0.15) is 0 Å². The first-order chi connectivity index (χ1) is 8.54. The lowest BCUT2D eigenvalue weighted by Gasteiger charge is -2.23. The van der Waals surface area contributed by atoms with Crippen LogP contribution in [-0.4, -0.2) is 30.4 Å². The highest BCUT2D eigenvalue weighted by Gasteiger charge is 2.13. The Balaban J connectivity index is 0.00000324. The average molecular weight is 285 g/mol. The topological polar surface area (TPSA) is 46.3 Å². The molecule has 1 rings (SSSR count). The van der Waals surface area contributed by atoms with Gasteiger partial charge in [-0.15, -0.1) is 12.4 Å². The summed E-state index contributed by atoms with van der Waals surface area (Å²) in [6, 6.07) is 8.61. The van der Waals surface area contributed by atoms with Crippen LogP contribution in [0.5, 0.6) is 0 Å². The maximum Gasteiger partial charge on any atom is 0.222 e. The molecule has 1 atom stereocenters. The highest BCUT2D eigenvalue weighted by Crippen LogP contribution is 2.08. The third kappa shape index (κ3) is 6.08. The first kappa shape index (κ1) is 17.9. The largest absolute Gasteiger partial charge is 0.342 e. The van der Waals surface area contributed by atoms with E-state index in [1.165, 1.54) is 11.1 Å². The SMILES string of the molecule is Cc1ccc(CCCC(=O)N(C)C(C)CN)cc1.Cl. The summed E-state index contributed by atoms with van der Waals surface area (Å²) >= 11 is 0. The summed E-state index contributed by atoms with van der Waals surface area (Å²) in [4.78, 5) is 13.6. The van der Waals surface area contributed by atoms with E-state index >= 15 is 0 Å². The van der Waals surface area contributed by atoms with Gasteiger partial charge in [-0.1, -0.05) is 29.8 Å². The standard InChI is InChI=1S/C15H24N2O.ClH/c1-12-7-9-14(10-8-12)5-4-6-15(18)17(3)13(2)11-16;/h7-10,13H,4-6,11,16H2,1-3H3;1H. The van der Waals surface area contributed by atoms with E-state index in [9.17, 15) is 4.79 Å². The number of carbonyl (C=O) groups excluding carboxylic acids is 1. The molecule has 0 aliphatic rings. The molecule has 3 nitrogen and oxygen atoms in total. The molecule has 0 aromatic heterocycles. The zero-order chi connectivity index (χ0) is 13.5. The minimum absolute atomic E-state index is 0. The third-order valence-electron chi connectivity index (χ3n) is 3.37. The number of aryl methyl sites for hydroxylation is 2. The van der Waals surface area contributed by atoms with Crippen molar-refractivity contribution in [3.63, 3.8) is 0 Å². The van der Waals surface area contributed by atoms with Crippen LogP contribution in [0.15, 0.2) is 24.3 Å². The fraction of sp³-hybridized carbons (Fsp3) is 0.533. The van der Waals surface area contributed by atoms with Crippen LogP contribution in [0, 0.1) is 6.92 Å². The molecular weight excluding hydrogens is 260 g/mol. The van der Waals surface area contributed by atoms with E-state index in [4.69, 9.17) is 5.73 Å². The Morgan fingerprint density at radius 1 is 1.32 bits per heavy atom. The van der Waals surface area contributed by atoms with Crippen LogP contribution in [0.1, 0.15) is 30.9 Å². The lowest BCUT2D eigenvalue weighted by Crippen LogP contribution is -2.39. The van der Waals surface area contributed by atoms with E-state index in [-0.39, 0.29) is 24.4 Å². The zero-order valence-corrected chi connectivity index (χ0v) is 12.9. The van der Waals surface area contributed by atoms with E-state index in [1.54, 1.807) is 4.90 Å². The molecule has 2 N–H and O–H groups in total. The summed E-state index contributed by atoms with van der Waals surface area (Å²) in [7, 11) is 1.83. The number of amides is 1. The van der Waals surface area contributed by atoms with E-state index in [0.29, 0.717) is 13.0 Å². The van der Waals surface area contributed by atoms with Crippen molar-refractivity contribution in [2.75, 3.05) is 13.6 Å². The normalized spacial score (nSPS) is 11.6. The second kappa shape index (κ2) is 8.94. The van der Waals surface area contributed by atoms with Crippen LogP contribution < -0.4 is 5.73 Å². The predicted octanol–water partition coefficient (Wildman–Crippen LogP) is 2.55. The van der Waals surface area contributed by atoms with Crippen molar-refractivity contribution in [1.82, 2.24) is 4.90 Å². The monoisotopic (exact) mass is 284 g/mol. The number of rotatable bonds is 6. The Hall–Kier alpha value is -1.06. The molecule has 0 spiro atoms. The van der Waals surface area contributed by atoms with Crippen molar-refractivity contribution < 1.29 is 4.79 Å². The lowest BCUT2D eigenvalue weighted by atomic mass is 10.1. The number of benzene rings is 1. The number of hydrogen-bond acceptors (Lipinski definition) is 2. The molecular formula is C15H25ClN2O. The number of nitrogens with zero attached hydrogens (tertiary/aromatic N) is 1. The van der Waals surface area contributed by atoms with Gasteiger partial charge < -0.3 is 10.6 Å². The first-order valence-corrected chi connectivity index (χ1v) is 6.56. The molecule has 0 fully saturated rings. The van der Waals surface area contributed by atoms with Crippen LogP contribution >= 0.6 is 12.4 Å². The second-order valence-electron chi connectivity index (χ2n) is 4.93. The average Bonchev–Trinajstić information content (AvgIpc) is 2.39. The summed E-state index contributed by atoms with van der Waals surface area (Å²) in [5, 5.41) is 0. The fourth-order valence-electron chi connectivity index (χ4n) is 1.78. The van der Waals surface area contributed by atoms with Gasteiger partial charge in [0.1, 0.15) is 0 Å². The Labute approximate surface area is 122 Å². The molecule has 4 heteroatoms.